The molecule has 2 atom stereocenters. The van der Waals surface area contributed by atoms with Crippen LogP contribution in [0.1, 0.15) is 31.7 Å². The second kappa shape index (κ2) is 9.71. The molecule has 4 aromatic rings. The summed E-state index contributed by atoms with van der Waals surface area (Å²) in [5.41, 5.74) is 5.23. The van der Waals surface area contributed by atoms with Gasteiger partial charge in [0, 0.05) is 73.2 Å². The zero-order valence-corrected chi connectivity index (χ0v) is 20.1. The highest BCUT2D eigenvalue weighted by atomic mass is 16.5. The van der Waals surface area contributed by atoms with Crippen LogP contribution in [0.2, 0.25) is 0 Å². The molecule has 1 saturated carbocycles. The molecule has 8 heteroatoms. The Morgan fingerprint density at radius 2 is 1.54 bits per heavy atom. The molecule has 0 bridgehead atoms. The van der Waals surface area contributed by atoms with Gasteiger partial charge in [-0.3, -0.25) is 14.3 Å². The van der Waals surface area contributed by atoms with Crippen molar-refractivity contribution in [2.24, 2.45) is 7.05 Å². The van der Waals surface area contributed by atoms with Crippen molar-refractivity contribution in [3.8, 4) is 33.6 Å². The number of aromatic nitrogens is 6. The number of hydrogen-bond donors (Lipinski definition) is 0. The van der Waals surface area contributed by atoms with Crippen LogP contribution in [0, 0.1) is 0 Å². The maximum atomic E-state index is 5.54. The molecule has 2 fully saturated rings. The largest absolute Gasteiger partial charge is 0.379 e. The fourth-order valence-electron chi connectivity index (χ4n) is 5.37. The average Bonchev–Trinajstić information content (AvgIpc) is 3.59. The maximum absolute atomic E-state index is 5.54. The van der Waals surface area contributed by atoms with Gasteiger partial charge in [0.1, 0.15) is 0 Å². The summed E-state index contributed by atoms with van der Waals surface area (Å²) in [6.45, 7) is 3.82. The summed E-state index contributed by atoms with van der Waals surface area (Å²) >= 11 is 0. The van der Waals surface area contributed by atoms with Crippen LogP contribution < -0.4 is 0 Å². The Labute approximate surface area is 205 Å². The van der Waals surface area contributed by atoms with Gasteiger partial charge in [0.15, 0.2) is 5.82 Å². The number of nitrogens with zero attached hydrogens (tertiary/aromatic N) is 7. The predicted molar refractivity (Wildman–Crippen MR) is 135 cm³/mol. The quantitative estimate of drug-likeness (QED) is 0.436. The molecule has 180 valence electrons. The molecule has 0 spiro atoms. The Balaban J connectivity index is 1.16. The third-order valence-corrected chi connectivity index (χ3v) is 7.30. The fourth-order valence-corrected chi connectivity index (χ4v) is 5.37. The van der Waals surface area contributed by atoms with Gasteiger partial charge in [0.25, 0.3) is 0 Å². The molecular formula is C27H31N7O. The van der Waals surface area contributed by atoms with Crippen molar-refractivity contribution in [2.75, 3.05) is 26.3 Å². The van der Waals surface area contributed by atoms with Gasteiger partial charge in [-0.15, -0.1) is 0 Å². The summed E-state index contributed by atoms with van der Waals surface area (Å²) in [6.07, 6.45) is 16.7. The maximum Gasteiger partial charge on any atom is 0.159 e. The molecule has 0 radical (unpaired) electrons. The van der Waals surface area contributed by atoms with E-state index in [1.807, 2.05) is 54.8 Å². The molecule has 1 saturated heterocycles. The first-order valence-electron chi connectivity index (χ1n) is 12.5. The van der Waals surface area contributed by atoms with E-state index in [1.54, 1.807) is 0 Å². The van der Waals surface area contributed by atoms with Crippen LogP contribution in [0.5, 0.6) is 0 Å². The van der Waals surface area contributed by atoms with Crippen LogP contribution in [0.25, 0.3) is 33.6 Å². The first-order chi connectivity index (χ1) is 17.2. The Morgan fingerprint density at radius 1 is 0.800 bits per heavy atom. The van der Waals surface area contributed by atoms with Gasteiger partial charge in [-0.1, -0.05) is 18.2 Å². The average molecular weight is 470 g/mol. The highest BCUT2D eigenvalue weighted by Crippen LogP contribution is 2.32. The lowest BCUT2D eigenvalue weighted by molar-refractivity contribution is 0.00313. The number of aryl methyl sites for hydroxylation is 1. The standard InChI is InChI=1S/C27H31N7O/c1-32-18-23(16-30-32)20-4-2-5-21(12-20)27-28-14-22(15-29-27)24-17-31-34(19-24)26-7-3-6-25(13-26)33-8-10-35-11-9-33/h2,4-5,12,14-19,25-26H,3,6-11,13H2,1H3/t25-,26-/m0/s1. The smallest absolute Gasteiger partial charge is 0.159 e. The van der Waals surface area contributed by atoms with E-state index >= 15 is 0 Å². The van der Waals surface area contributed by atoms with E-state index in [1.165, 1.54) is 19.3 Å². The highest BCUT2D eigenvalue weighted by molar-refractivity contribution is 5.70. The van der Waals surface area contributed by atoms with Crippen molar-refractivity contribution in [1.82, 2.24) is 34.4 Å². The van der Waals surface area contributed by atoms with Gasteiger partial charge in [-0.25, -0.2) is 9.97 Å². The van der Waals surface area contributed by atoms with Crippen molar-refractivity contribution in [2.45, 2.75) is 37.8 Å². The molecule has 6 rings (SSSR count). The Hall–Kier alpha value is -3.36. The van der Waals surface area contributed by atoms with E-state index in [4.69, 9.17) is 9.84 Å². The molecule has 1 aromatic carbocycles. The minimum atomic E-state index is 0.445. The molecule has 0 N–H and O–H groups in total. The number of ether oxygens (including phenoxy) is 1. The number of hydrogen-bond acceptors (Lipinski definition) is 6. The van der Waals surface area contributed by atoms with Crippen molar-refractivity contribution in [3.63, 3.8) is 0 Å². The molecule has 1 aliphatic carbocycles. The Bertz CT molecular complexity index is 1270. The first-order valence-corrected chi connectivity index (χ1v) is 12.5. The van der Waals surface area contributed by atoms with Crippen LogP contribution in [-0.4, -0.2) is 66.8 Å². The van der Waals surface area contributed by atoms with E-state index in [-0.39, 0.29) is 0 Å². The van der Waals surface area contributed by atoms with Gasteiger partial charge in [0.2, 0.25) is 0 Å². The highest BCUT2D eigenvalue weighted by Gasteiger charge is 2.29. The Morgan fingerprint density at radius 3 is 2.34 bits per heavy atom. The fraction of sp³-hybridized carbons (Fsp3) is 0.407. The van der Waals surface area contributed by atoms with Gasteiger partial charge in [0.05, 0.1) is 31.6 Å². The second-order valence-corrected chi connectivity index (χ2v) is 9.61. The molecule has 2 aliphatic rings. The minimum absolute atomic E-state index is 0.445. The monoisotopic (exact) mass is 469 g/mol. The van der Waals surface area contributed by atoms with E-state index < -0.39 is 0 Å². The van der Waals surface area contributed by atoms with Gasteiger partial charge >= 0.3 is 0 Å². The second-order valence-electron chi connectivity index (χ2n) is 9.61. The molecule has 8 nitrogen and oxygen atoms in total. The topological polar surface area (TPSA) is 73.9 Å². The van der Waals surface area contributed by atoms with Crippen LogP contribution in [-0.2, 0) is 11.8 Å². The summed E-state index contributed by atoms with van der Waals surface area (Å²) in [7, 11) is 1.92. The Kier molecular flexibility index (Phi) is 6.14. The zero-order chi connectivity index (χ0) is 23.6. The number of rotatable bonds is 5. The molecule has 1 aliphatic heterocycles. The van der Waals surface area contributed by atoms with Crippen molar-refractivity contribution in [1.29, 1.82) is 0 Å². The number of benzene rings is 1. The lowest BCUT2D eigenvalue weighted by Gasteiger charge is -2.39. The van der Waals surface area contributed by atoms with Gasteiger partial charge < -0.3 is 4.74 Å². The molecule has 4 heterocycles. The van der Waals surface area contributed by atoms with Crippen LogP contribution in [0.4, 0.5) is 0 Å². The third-order valence-electron chi connectivity index (χ3n) is 7.30. The minimum Gasteiger partial charge on any atom is -0.379 e. The van der Waals surface area contributed by atoms with Gasteiger partial charge in [-0.05, 0) is 37.3 Å². The SMILES string of the molecule is Cn1cc(-c2cccc(-c3ncc(-c4cnn([C@H]5CCC[C@H](N6CCOCC6)C5)c4)cn3)c2)cn1. The molecule has 35 heavy (non-hydrogen) atoms. The zero-order valence-electron chi connectivity index (χ0n) is 20.1. The molecular weight excluding hydrogens is 438 g/mol. The van der Waals surface area contributed by atoms with E-state index in [9.17, 15) is 0 Å². The van der Waals surface area contributed by atoms with Crippen LogP contribution >= 0.6 is 0 Å². The van der Waals surface area contributed by atoms with Crippen LogP contribution in [0.15, 0.2) is 61.4 Å². The lowest BCUT2D eigenvalue weighted by Crippen LogP contribution is -2.45. The molecule has 0 unspecified atom stereocenters. The van der Waals surface area contributed by atoms with Crippen molar-refractivity contribution >= 4 is 0 Å². The summed E-state index contributed by atoms with van der Waals surface area (Å²) in [6, 6.07) is 9.35. The van der Waals surface area contributed by atoms with E-state index in [2.05, 4.69) is 43.0 Å². The lowest BCUT2D eigenvalue weighted by atomic mass is 9.90. The molecule has 0 amide bonds. The van der Waals surface area contributed by atoms with E-state index in [0.29, 0.717) is 17.9 Å². The summed E-state index contributed by atoms with van der Waals surface area (Å²) in [5.74, 6) is 0.715. The van der Waals surface area contributed by atoms with Crippen molar-refractivity contribution in [3.05, 3.63) is 61.4 Å². The van der Waals surface area contributed by atoms with Gasteiger partial charge in [-0.2, -0.15) is 10.2 Å². The third kappa shape index (κ3) is 4.76. The summed E-state index contributed by atoms with van der Waals surface area (Å²) in [5, 5.41) is 9.01. The normalized spacial score (nSPS) is 21.3. The summed E-state index contributed by atoms with van der Waals surface area (Å²) < 4.78 is 9.51. The molecule has 3 aromatic heterocycles. The van der Waals surface area contributed by atoms with E-state index in [0.717, 1.165) is 60.5 Å². The number of morpholine rings is 1. The summed E-state index contributed by atoms with van der Waals surface area (Å²) in [4.78, 5) is 12.0. The van der Waals surface area contributed by atoms with Crippen LogP contribution in [0.3, 0.4) is 0 Å². The first kappa shape index (κ1) is 22.1. The van der Waals surface area contributed by atoms with Crippen molar-refractivity contribution < 1.29 is 4.74 Å². The predicted octanol–water partition coefficient (Wildman–Crippen LogP) is 4.22.